The highest BCUT2D eigenvalue weighted by Gasteiger charge is 2.23. The maximum absolute atomic E-state index is 12.7. The number of rotatable bonds is 9. The maximum Gasteiger partial charge on any atom is 0.241 e. The van der Waals surface area contributed by atoms with Crippen LogP contribution in [0.5, 0.6) is 0 Å². The van der Waals surface area contributed by atoms with Gasteiger partial charge in [-0.05, 0) is 43.6 Å². The molecule has 0 radical (unpaired) electrons. The fourth-order valence-corrected chi connectivity index (χ4v) is 4.31. The highest BCUT2D eigenvalue weighted by molar-refractivity contribution is 14.0. The number of piperidine rings is 1. The molecule has 0 unspecified atom stereocenters. The fourth-order valence-electron chi connectivity index (χ4n) is 4.31. The summed E-state index contributed by atoms with van der Waals surface area (Å²) in [5, 5.41) is 10.5. The minimum atomic E-state index is 0. The minimum Gasteiger partial charge on any atom is -0.359 e. The second kappa shape index (κ2) is 14.2. The van der Waals surface area contributed by atoms with Crippen LogP contribution in [0.4, 0.5) is 0 Å². The first kappa shape index (κ1) is 27.1. The Hall–Kier alpha value is -2.10. The molecule has 1 amide bonds. The molecule has 8 heteroatoms. The third-order valence-corrected chi connectivity index (χ3v) is 6.38. The number of guanidine groups is 1. The number of aromatic nitrogens is 1. The molecule has 33 heavy (non-hydrogen) atoms. The smallest absolute Gasteiger partial charge is 0.241 e. The molecule has 1 aliphatic rings. The highest BCUT2D eigenvalue weighted by Crippen LogP contribution is 2.23. The number of carbonyl (C=O) groups excluding carboxylic acids is 1. The molecule has 0 aliphatic carbocycles. The highest BCUT2D eigenvalue weighted by atomic mass is 127. The summed E-state index contributed by atoms with van der Waals surface area (Å²) >= 11 is 0. The molecule has 1 fully saturated rings. The lowest BCUT2D eigenvalue weighted by atomic mass is 9.90. The van der Waals surface area contributed by atoms with Gasteiger partial charge in [-0.1, -0.05) is 49.3 Å². The summed E-state index contributed by atoms with van der Waals surface area (Å²) in [7, 11) is 1.70. The van der Waals surface area contributed by atoms with Gasteiger partial charge in [0.15, 0.2) is 11.7 Å². The molecule has 0 atom stereocenters. The second-order valence-electron chi connectivity index (χ2n) is 8.52. The van der Waals surface area contributed by atoms with Gasteiger partial charge in [0.05, 0.1) is 18.8 Å². The Kier molecular flexibility index (Phi) is 11.7. The van der Waals surface area contributed by atoms with Crippen LogP contribution in [0.3, 0.4) is 0 Å². The number of likely N-dealkylation sites (tertiary alicyclic amines) is 1. The summed E-state index contributed by atoms with van der Waals surface area (Å²) in [5.74, 6) is 2.54. The number of aliphatic imine (C=N–C) groups is 1. The van der Waals surface area contributed by atoms with E-state index >= 15 is 0 Å². The van der Waals surface area contributed by atoms with Crippen molar-refractivity contribution in [3.05, 3.63) is 53.4 Å². The van der Waals surface area contributed by atoms with Crippen molar-refractivity contribution in [2.45, 2.75) is 58.4 Å². The van der Waals surface area contributed by atoms with Crippen LogP contribution in [0.2, 0.25) is 0 Å². The van der Waals surface area contributed by atoms with Crippen LogP contribution in [-0.2, 0) is 17.8 Å². The van der Waals surface area contributed by atoms with Crippen molar-refractivity contribution in [2.75, 3.05) is 26.7 Å². The molecule has 3 rings (SSSR count). The van der Waals surface area contributed by atoms with Gasteiger partial charge in [-0.25, -0.2) is 0 Å². The second-order valence-corrected chi connectivity index (χ2v) is 8.52. The number of halogens is 1. The molecule has 1 aromatic carbocycles. The van der Waals surface area contributed by atoms with E-state index in [4.69, 9.17) is 4.52 Å². The van der Waals surface area contributed by atoms with E-state index in [1.165, 1.54) is 5.56 Å². The lowest BCUT2D eigenvalue weighted by Gasteiger charge is -2.32. The average molecular weight is 568 g/mol. The maximum atomic E-state index is 12.7. The van der Waals surface area contributed by atoms with Gasteiger partial charge in [-0.3, -0.25) is 9.79 Å². The van der Waals surface area contributed by atoms with Crippen molar-refractivity contribution < 1.29 is 9.32 Å². The van der Waals surface area contributed by atoms with Crippen LogP contribution in [0.25, 0.3) is 0 Å². The average Bonchev–Trinajstić information content (AvgIpc) is 3.30. The number of amides is 1. The van der Waals surface area contributed by atoms with Gasteiger partial charge in [0.25, 0.3) is 0 Å². The Bertz CT molecular complexity index is 859. The molecule has 2 aromatic rings. The quantitative estimate of drug-likeness (QED) is 0.268. The third-order valence-electron chi connectivity index (χ3n) is 6.38. The Morgan fingerprint density at radius 3 is 2.52 bits per heavy atom. The Labute approximate surface area is 214 Å². The number of nitrogens with one attached hydrogen (secondary N) is 2. The van der Waals surface area contributed by atoms with Gasteiger partial charge in [-0.2, -0.15) is 0 Å². The van der Waals surface area contributed by atoms with E-state index in [0.29, 0.717) is 24.3 Å². The van der Waals surface area contributed by atoms with Crippen LogP contribution in [0, 0.1) is 5.92 Å². The van der Waals surface area contributed by atoms with Crippen LogP contribution in [0.1, 0.15) is 62.5 Å². The minimum absolute atomic E-state index is 0. The van der Waals surface area contributed by atoms with Gasteiger partial charge in [0.2, 0.25) is 5.91 Å². The lowest BCUT2D eigenvalue weighted by Crippen LogP contribution is -2.46. The summed E-state index contributed by atoms with van der Waals surface area (Å²) in [5.41, 5.74) is 2.38. The summed E-state index contributed by atoms with van der Waals surface area (Å²) < 4.78 is 5.45. The van der Waals surface area contributed by atoms with Gasteiger partial charge in [0.1, 0.15) is 0 Å². The summed E-state index contributed by atoms with van der Waals surface area (Å²) in [4.78, 5) is 18.8. The van der Waals surface area contributed by atoms with Crippen molar-refractivity contribution in [2.24, 2.45) is 10.9 Å². The van der Waals surface area contributed by atoms with E-state index < -0.39 is 0 Å². The molecule has 0 spiro atoms. The Morgan fingerprint density at radius 1 is 1.18 bits per heavy atom. The van der Waals surface area contributed by atoms with E-state index in [9.17, 15) is 4.79 Å². The van der Waals surface area contributed by atoms with Crippen molar-refractivity contribution in [3.63, 3.8) is 0 Å². The monoisotopic (exact) mass is 567 g/mol. The molecule has 2 heterocycles. The topological polar surface area (TPSA) is 82.8 Å². The number of benzene rings is 1. The molecule has 1 aliphatic heterocycles. The van der Waals surface area contributed by atoms with E-state index in [1.54, 1.807) is 7.05 Å². The number of hydrogen-bond donors (Lipinski definition) is 2. The molecule has 1 aromatic heterocycles. The molecule has 7 nitrogen and oxygen atoms in total. The fraction of sp³-hybridized carbons (Fsp3) is 0.560. The van der Waals surface area contributed by atoms with Crippen LogP contribution >= 0.6 is 24.0 Å². The molecule has 1 saturated heterocycles. The van der Waals surface area contributed by atoms with E-state index in [-0.39, 0.29) is 36.4 Å². The zero-order valence-corrected chi connectivity index (χ0v) is 22.4. The van der Waals surface area contributed by atoms with Crippen molar-refractivity contribution >= 4 is 35.8 Å². The Morgan fingerprint density at radius 2 is 1.88 bits per heavy atom. The third kappa shape index (κ3) is 8.32. The number of nitrogens with zero attached hydrogens (tertiary/aromatic N) is 3. The predicted molar refractivity (Wildman–Crippen MR) is 143 cm³/mol. The summed E-state index contributed by atoms with van der Waals surface area (Å²) in [6.45, 7) is 6.68. The van der Waals surface area contributed by atoms with Crippen molar-refractivity contribution in [1.82, 2.24) is 20.7 Å². The largest absolute Gasteiger partial charge is 0.359 e. The van der Waals surface area contributed by atoms with E-state index in [1.807, 2.05) is 11.0 Å². The first-order valence-corrected chi connectivity index (χ1v) is 11.8. The summed E-state index contributed by atoms with van der Waals surface area (Å²) in [6.07, 6.45) is 5.30. The van der Waals surface area contributed by atoms with Crippen molar-refractivity contribution in [3.8, 4) is 0 Å². The van der Waals surface area contributed by atoms with E-state index in [0.717, 1.165) is 56.6 Å². The van der Waals surface area contributed by atoms with Crippen LogP contribution in [0.15, 0.2) is 45.9 Å². The van der Waals surface area contributed by atoms with Crippen LogP contribution in [-0.4, -0.2) is 48.6 Å². The molecular weight excluding hydrogens is 529 g/mol. The standard InChI is InChI=1S/C25H37N5O2.HI/c1-4-21(5-2)23-16-22(32-29-23)17-27-25(26-3)28-18-24(31)30-13-11-20(12-14-30)15-19-9-7-6-8-10-19;/h6-10,16,20-21H,4-5,11-15,17-18H2,1-3H3,(H2,26,27,28);1H. The molecule has 0 saturated carbocycles. The van der Waals surface area contributed by atoms with Crippen LogP contribution < -0.4 is 10.6 Å². The van der Waals surface area contributed by atoms with Gasteiger partial charge in [-0.15, -0.1) is 24.0 Å². The zero-order valence-electron chi connectivity index (χ0n) is 20.0. The van der Waals surface area contributed by atoms with Crippen molar-refractivity contribution in [1.29, 1.82) is 0 Å². The number of hydrogen-bond acceptors (Lipinski definition) is 4. The molecule has 2 N–H and O–H groups in total. The summed E-state index contributed by atoms with van der Waals surface area (Å²) in [6, 6.07) is 12.6. The molecular formula is C25H38IN5O2. The SMILES string of the molecule is CCC(CC)c1cc(CNC(=NC)NCC(=O)N2CCC(Cc3ccccc3)CC2)on1.I. The van der Waals surface area contributed by atoms with Gasteiger partial charge >= 0.3 is 0 Å². The lowest BCUT2D eigenvalue weighted by molar-refractivity contribution is -0.131. The Balaban J connectivity index is 0.00000385. The first-order valence-electron chi connectivity index (χ1n) is 11.8. The number of carbonyl (C=O) groups is 1. The molecule has 182 valence electrons. The zero-order chi connectivity index (χ0) is 22.8. The normalized spacial score (nSPS) is 14.8. The van der Waals surface area contributed by atoms with Gasteiger partial charge in [0, 0.05) is 32.1 Å². The predicted octanol–water partition coefficient (Wildman–Crippen LogP) is 4.34. The van der Waals surface area contributed by atoms with Gasteiger partial charge < -0.3 is 20.1 Å². The first-order chi connectivity index (χ1) is 15.6. The van der Waals surface area contributed by atoms with E-state index in [2.05, 4.69) is 65.0 Å². The molecule has 0 bridgehead atoms.